The molecule has 0 spiro atoms. The van der Waals surface area contributed by atoms with Gasteiger partial charge < -0.3 is 10.2 Å². The van der Waals surface area contributed by atoms with Gasteiger partial charge in [-0.1, -0.05) is 0 Å². The van der Waals surface area contributed by atoms with E-state index in [1.165, 1.54) is 0 Å². The first kappa shape index (κ1) is 14.2. The van der Waals surface area contributed by atoms with E-state index in [4.69, 9.17) is 0 Å². The lowest BCUT2D eigenvalue weighted by molar-refractivity contribution is 0.00370. The van der Waals surface area contributed by atoms with Crippen molar-refractivity contribution >= 4 is 0 Å². The van der Waals surface area contributed by atoms with Crippen LogP contribution in [0.2, 0.25) is 0 Å². The Kier molecular flexibility index (Phi) is 4.92. The highest BCUT2D eigenvalue weighted by molar-refractivity contribution is 4.83. The number of hydrogen-bond acceptors (Lipinski definition) is 3. The summed E-state index contributed by atoms with van der Waals surface area (Å²) in [6.45, 7) is 7.22. The first-order valence-corrected chi connectivity index (χ1v) is 7.05. The Morgan fingerprint density at radius 3 is 2.67 bits per heavy atom. The van der Waals surface area contributed by atoms with Crippen LogP contribution in [-0.4, -0.2) is 68.6 Å². The van der Waals surface area contributed by atoms with Crippen LogP contribution in [0.4, 0.5) is 8.78 Å². The van der Waals surface area contributed by atoms with E-state index in [-0.39, 0.29) is 18.8 Å². The van der Waals surface area contributed by atoms with Crippen molar-refractivity contribution in [1.29, 1.82) is 0 Å². The maximum absolute atomic E-state index is 13.1. The molecule has 0 amide bonds. The number of alkyl halides is 2. The zero-order valence-corrected chi connectivity index (χ0v) is 11.3. The lowest BCUT2D eigenvalue weighted by atomic mass is 10.1. The predicted molar refractivity (Wildman–Crippen MR) is 69.1 cm³/mol. The van der Waals surface area contributed by atoms with Crippen LogP contribution in [0.15, 0.2) is 0 Å². The first-order chi connectivity index (χ1) is 8.55. The Balaban J connectivity index is 1.61. The van der Waals surface area contributed by atoms with Crippen LogP contribution >= 0.6 is 0 Å². The van der Waals surface area contributed by atoms with Gasteiger partial charge in [0.15, 0.2) is 0 Å². The van der Waals surface area contributed by atoms with Gasteiger partial charge in [0.25, 0.3) is 0 Å². The largest absolute Gasteiger partial charge is 0.314 e. The molecule has 106 valence electrons. The van der Waals surface area contributed by atoms with Gasteiger partial charge in [0.1, 0.15) is 0 Å². The molecule has 0 radical (unpaired) electrons. The van der Waals surface area contributed by atoms with Crippen LogP contribution in [-0.2, 0) is 0 Å². The summed E-state index contributed by atoms with van der Waals surface area (Å²) in [6, 6.07) is 0. The molecule has 0 aromatic heterocycles. The molecule has 2 fully saturated rings. The second-order valence-electron chi connectivity index (χ2n) is 5.82. The zero-order valence-electron chi connectivity index (χ0n) is 11.3. The minimum Gasteiger partial charge on any atom is -0.314 e. The van der Waals surface area contributed by atoms with E-state index in [1.54, 1.807) is 0 Å². The summed E-state index contributed by atoms with van der Waals surface area (Å²) in [6.07, 6.45) is 0.860. The third kappa shape index (κ3) is 4.44. The van der Waals surface area contributed by atoms with Crippen molar-refractivity contribution in [3.05, 3.63) is 0 Å². The van der Waals surface area contributed by atoms with Gasteiger partial charge in [0, 0.05) is 58.7 Å². The fourth-order valence-electron chi connectivity index (χ4n) is 2.98. The molecule has 1 unspecified atom stereocenters. The monoisotopic (exact) mass is 261 g/mol. The lowest BCUT2D eigenvalue weighted by Gasteiger charge is -2.29. The SMILES string of the molecule is CN(CCN1CCNCC1)CC1CCC(F)(F)C1. The van der Waals surface area contributed by atoms with Gasteiger partial charge in [-0.25, -0.2) is 8.78 Å². The molecule has 0 aromatic rings. The van der Waals surface area contributed by atoms with Gasteiger partial charge in [-0.05, 0) is 19.4 Å². The number of halogens is 2. The molecule has 1 aliphatic heterocycles. The average Bonchev–Trinajstić information content (AvgIpc) is 2.67. The van der Waals surface area contributed by atoms with E-state index in [2.05, 4.69) is 22.2 Å². The van der Waals surface area contributed by atoms with Crippen LogP contribution in [0.1, 0.15) is 19.3 Å². The molecule has 1 saturated heterocycles. The molecule has 3 nitrogen and oxygen atoms in total. The van der Waals surface area contributed by atoms with Crippen molar-refractivity contribution in [2.45, 2.75) is 25.2 Å². The lowest BCUT2D eigenvalue weighted by Crippen LogP contribution is -2.46. The number of nitrogens with zero attached hydrogens (tertiary/aromatic N) is 2. The van der Waals surface area contributed by atoms with Crippen molar-refractivity contribution in [3.8, 4) is 0 Å². The molecule has 2 rings (SSSR count). The van der Waals surface area contributed by atoms with Gasteiger partial charge in [-0.2, -0.15) is 0 Å². The Labute approximate surface area is 109 Å². The van der Waals surface area contributed by atoms with E-state index in [0.29, 0.717) is 6.42 Å². The number of nitrogens with one attached hydrogen (secondary N) is 1. The average molecular weight is 261 g/mol. The molecule has 0 bridgehead atoms. The van der Waals surface area contributed by atoms with Gasteiger partial charge in [0.2, 0.25) is 5.92 Å². The van der Waals surface area contributed by atoms with E-state index >= 15 is 0 Å². The summed E-state index contributed by atoms with van der Waals surface area (Å²) in [5, 5.41) is 3.33. The highest BCUT2D eigenvalue weighted by Gasteiger charge is 2.39. The summed E-state index contributed by atoms with van der Waals surface area (Å²) in [4.78, 5) is 4.66. The Morgan fingerprint density at radius 2 is 2.06 bits per heavy atom. The highest BCUT2D eigenvalue weighted by atomic mass is 19.3. The van der Waals surface area contributed by atoms with Crippen LogP contribution in [0.5, 0.6) is 0 Å². The Hall–Kier alpha value is -0.260. The minimum absolute atomic E-state index is 0.0866. The molecule has 0 aromatic carbocycles. The van der Waals surface area contributed by atoms with Crippen LogP contribution in [0.25, 0.3) is 0 Å². The van der Waals surface area contributed by atoms with Crippen molar-refractivity contribution in [2.24, 2.45) is 5.92 Å². The standard InChI is InChI=1S/C13H25F2N3/c1-17(8-9-18-6-4-16-5-7-18)11-12-2-3-13(14,15)10-12/h12,16H,2-11H2,1H3. The molecule has 1 saturated carbocycles. The van der Waals surface area contributed by atoms with E-state index < -0.39 is 5.92 Å². The van der Waals surface area contributed by atoms with Gasteiger partial charge >= 0.3 is 0 Å². The number of rotatable bonds is 5. The van der Waals surface area contributed by atoms with Crippen LogP contribution in [0.3, 0.4) is 0 Å². The van der Waals surface area contributed by atoms with E-state index in [9.17, 15) is 8.78 Å². The van der Waals surface area contributed by atoms with Gasteiger partial charge in [0.05, 0.1) is 0 Å². The summed E-state index contributed by atoms with van der Waals surface area (Å²) < 4.78 is 26.2. The van der Waals surface area contributed by atoms with Crippen molar-refractivity contribution < 1.29 is 8.78 Å². The first-order valence-electron chi connectivity index (χ1n) is 7.05. The number of hydrogen-bond donors (Lipinski definition) is 1. The molecule has 1 N–H and O–H groups in total. The van der Waals surface area contributed by atoms with Gasteiger partial charge in [-0.15, -0.1) is 0 Å². The van der Waals surface area contributed by atoms with Crippen LogP contribution < -0.4 is 5.32 Å². The third-order valence-corrected chi connectivity index (χ3v) is 4.08. The molecule has 1 aliphatic carbocycles. The number of likely N-dealkylation sites (N-methyl/N-ethyl adjacent to an activating group) is 1. The van der Waals surface area contributed by atoms with Crippen molar-refractivity contribution in [1.82, 2.24) is 15.1 Å². The third-order valence-electron chi connectivity index (χ3n) is 4.08. The Bertz CT molecular complexity index is 255. The predicted octanol–water partition coefficient (Wildman–Crippen LogP) is 1.26. The smallest absolute Gasteiger partial charge is 0.248 e. The minimum atomic E-state index is -2.40. The zero-order chi connectivity index (χ0) is 13.0. The molecule has 5 heteroatoms. The maximum atomic E-state index is 13.1. The quantitative estimate of drug-likeness (QED) is 0.804. The highest BCUT2D eigenvalue weighted by Crippen LogP contribution is 2.38. The van der Waals surface area contributed by atoms with E-state index in [1.807, 2.05) is 0 Å². The fourth-order valence-corrected chi connectivity index (χ4v) is 2.98. The van der Waals surface area contributed by atoms with Crippen LogP contribution in [0, 0.1) is 5.92 Å². The summed E-state index contributed by atoms with van der Waals surface area (Å²) in [5.41, 5.74) is 0. The molecule has 1 heterocycles. The van der Waals surface area contributed by atoms with Crippen molar-refractivity contribution in [2.75, 3.05) is 52.9 Å². The summed E-state index contributed by atoms with van der Waals surface area (Å²) in [5.74, 6) is -2.21. The van der Waals surface area contributed by atoms with Crippen molar-refractivity contribution in [3.63, 3.8) is 0 Å². The second kappa shape index (κ2) is 6.26. The molecular formula is C13H25F2N3. The fraction of sp³-hybridized carbons (Fsp3) is 1.00. The Morgan fingerprint density at radius 1 is 1.33 bits per heavy atom. The van der Waals surface area contributed by atoms with Gasteiger partial charge in [-0.3, -0.25) is 4.90 Å². The summed E-state index contributed by atoms with van der Waals surface area (Å²) in [7, 11) is 2.05. The molecular weight excluding hydrogens is 236 g/mol. The molecule has 18 heavy (non-hydrogen) atoms. The molecule has 2 aliphatic rings. The number of piperazine rings is 1. The molecule has 1 atom stereocenters. The normalized spacial score (nSPS) is 29.0. The topological polar surface area (TPSA) is 18.5 Å². The maximum Gasteiger partial charge on any atom is 0.248 e. The second-order valence-corrected chi connectivity index (χ2v) is 5.82. The van der Waals surface area contributed by atoms with E-state index in [0.717, 1.165) is 45.8 Å². The summed E-state index contributed by atoms with van der Waals surface area (Å²) >= 11 is 0.